The van der Waals surface area contributed by atoms with Crippen molar-refractivity contribution in [3.63, 3.8) is 0 Å². The van der Waals surface area contributed by atoms with E-state index in [0.717, 1.165) is 55.4 Å². The zero-order valence-electron chi connectivity index (χ0n) is 20.5. The smallest absolute Gasteiger partial charge is 0.160 e. The molecule has 4 aromatic carbocycles. The number of hydrogen-bond donors (Lipinski definition) is 0. The second kappa shape index (κ2) is 9.34. The molecule has 0 unspecified atom stereocenters. The summed E-state index contributed by atoms with van der Waals surface area (Å²) in [6.07, 6.45) is 3.64. The van der Waals surface area contributed by atoms with Crippen LogP contribution in [-0.2, 0) is 0 Å². The first-order valence-electron chi connectivity index (χ1n) is 12.6. The van der Waals surface area contributed by atoms with E-state index in [1.807, 2.05) is 30.6 Å². The highest BCUT2D eigenvalue weighted by atomic mass is 14.9. The molecule has 0 saturated heterocycles. The predicted molar refractivity (Wildman–Crippen MR) is 154 cm³/mol. The third kappa shape index (κ3) is 4.18. The van der Waals surface area contributed by atoms with Crippen molar-refractivity contribution in [3.05, 3.63) is 134 Å². The summed E-state index contributed by atoms with van der Waals surface area (Å²) < 4.78 is 0. The Kier molecular flexibility index (Phi) is 5.41. The molecular weight excluding hydrogens is 464 g/mol. The summed E-state index contributed by atoms with van der Waals surface area (Å²) in [5, 5.41) is 2.20. The summed E-state index contributed by atoms with van der Waals surface area (Å²) in [7, 11) is 0. The fraction of sp³-hybridized carbons (Fsp3) is 0. The average molecular weight is 487 g/mol. The highest BCUT2D eigenvalue weighted by Gasteiger charge is 2.12. The largest absolute Gasteiger partial charge is 0.256 e. The van der Waals surface area contributed by atoms with Crippen molar-refractivity contribution < 1.29 is 0 Å². The molecule has 178 valence electrons. The van der Waals surface area contributed by atoms with Crippen LogP contribution in [0.25, 0.3) is 66.8 Å². The fourth-order valence-electron chi connectivity index (χ4n) is 4.77. The molecule has 0 aliphatic carbocycles. The summed E-state index contributed by atoms with van der Waals surface area (Å²) in [6, 6.07) is 41.5. The number of pyridine rings is 2. The van der Waals surface area contributed by atoms with Gasteiger partial charge in [0, 0.05) is 39.9 Å². The first-order valence-corrected chi connectivity index (χ1v) is 12.6. The Morgan fingerprint density at radius 3 is 1.45 bits per heavy atom. The molecule has 7 rings (SSSR count). The Morgan fingerprint density at radius 1 is 0.368 bits per heavy atom. The third-order valence-corrected chi connectivity index (χ3v) is 6.78. The van der Waals surface area contributed by atoms with Crippen LogP contribution in [0.15, 0.2) is 134 Å². The van der Waals surface area contributed by atoms with E-state index >= 15 is 0 Å². The number of aromatic nitrogens is 4. The summed E-state index contributed by atoms with van der Waals surface area (Å²) in [5.41, 5.74) is 8.89. The molecule has 4 nitrogen and oxygen atoms in total. The van der Waals surface area contributed by atoms with E-state index in [-0.39, 0.29) is 0 Å². The van der Waals surface area contributed by atoms with E-state index in [4.69, 9.17) is 9.97 Å². The highest BCUT2D eigenvalue weighted by Crippen LogP contribution is 2.31. The first-order chi connectivity index (χ1) is 18.8. The van der Waals surface area contributed by atoms with E-state index < -0.39 is 0 Å². The minimum atomic E-state index is 0.680. The SMILES string of the molecule is c1ccc(-c2ccc(-c3nc(-c4ccc5cccnc5c4)cc(-c4ccc5cccnc5c4)n3)cc2)cc1. The number of nitrogens with zero attached hydrogens (tertiary/aromatic N) is 4. The summed E-state index contributed by atoms with van der Waals surface area (Å²) in [6.45, 7) is 0. The molecule has 38 heavy (non-hydrogen) atoms. The lowest BCUT2D eigenvalue weighted by atomic mass is 10.0. The van der Waals surface area contributed by atoms with Crippen LogP contribution in [0.1, 0.15) is 0 Å². The molecule has 3 heterocycles. The molecular formula is C34H22N4. The van der Waals surface area contributed by atoms with Crippen molar-refractivity contribution in [2.24, 2.45) is 0 Å². The Hall–Kier alpha value is -5.22. The van der Waals surface area contributed by atoms with Gasteiger partial charge < -0.3 is 0 Å². The molecule has 0 aliphatic rings. The molecule has 0 atom stereocenters. The van der Waals surface area contributed by atoms with Gasteiger partial charge in [-0.1, -0.05) is 91.0 Å². The zero-order valence-corrected chi connectivity index (χ0v) is 20.5. The molecule has 4 heteroatoms. The van der Waals surface area contributed by atoms with E-state index in [2.05, 4.69) is 113 Å². The van der Waals surface area contributed by atoms with Crippen LogP contribution in [0.3, 0.4) is 0 Å². The second-order valence-electron chi connectivity index (χ2n) is 9.23. The van der Waals surface area contributed by atoms with Crippen molar-refractivity contribution in [1.82, 2.24) is 19.9 Å². The van der Waals surface area contributed by atoms with E-state index in [1.165, 1.54) is 5.56 Å². The number of fused-ring (bicyclic) bond motifs is 2. The summed E-state index contributed by atoms with van der Waals surface area (Å²) >= 11 is 0. The Morgan fingerprint density at radius 2 is 0.868 bits per heavy atom. The number of hydrogen-bond acceptors (Lipinski definition) is 4. The van der Waals surface area contributed by atoms with Gasteiger partial charge in [-0.05, 0) is 41.5 Å². The zero-order chi connectivity index (χ0) is 25.3. The quantitative estimate of drug-likeness (QED) is 0.251. The van der Waals surface area contributed by atoms with Crippen molar-refractivity contribution in [1.29, 1.82) is 0 Å². The van der Waals surface area contributed by atoms with Crippen LogP contribution in [0.4, 0.5) is 0 Å². The van der Waals surface area contributed by atoms with Crippen molar-refractivity contribution >= 4 is 21.8 Å². The van der Waals surface area contributed by atoms with Crippen LogP contribution in [0.5, 0.6) is 0 Å². The Balaban J connectivity index is 1.38. The standard InChI is InChI=1S/C34H22N4/c1-2-6-23(7-3-1)24-10-14-27(15-11-24)34-37-32(28-16-12-25-8-4-18-35-30(25)20-28)22-33(38-34)29-17-13-26-9-5-19-36-31(26)21-29/h1-22H. The van der Waals surface area contributed by atoms with Crippen molar-refractivity contribution in [2.45, 2.75) is 0 Å². The molecule has 0 spiro atoms. The second-order valence-corrected chi connectivity index (χ2v) is 9.23. The lowest BCUT2D eigenvalue weighted by Gasteiger charge is -2.11. The molecule has 3 aromatic heterocycles. The van der Waals surface area contributed by atoms with Gasteiger partial charge in [-0.2, -0.15) is 0 Å². The predicted octanol–water partition coefficient (Wildman–Crippen LogP) is 8.24. The molecule has 7 aromatic rings. The van der Waals surface area contributed by atoms with Gasteiger partial charge in [0.15, 0.2) is 5.82 Å². The Bertz CT molecular complexity index is 1810. The van der Waals surface area contributed by atoms with Gasteiger partial charge in [0.25, 0.3) is 0 Å². The molecule has 0 fully saturated rings. The van der Waals surface area contributed by atoms with Gasteiger partial charge in [0.1, 0.15) is 0 Å². The van der Waals surface area contributed by atoms with Crippen LogP contribution in [0, 0.1) is 0 Å². The maximum absolute atomic E-state index is 5.02. The minimum Gasteiger partial charge on any atom is -0.256 e. The van der Waals surface area contributed by atoms with E-state index in [1.54, 1.807) is 0 Å². The van der Waals surface area contributed by atoms with Crippen molar-refractivity contribution in [3.8, 4) is 45.0 Å². The molecule has 0 radical (unpaired) electrons. The minimum absolute atomic E-state index is 0.680. The Labute approximate surface area is 220 Å². The van der Waals surface area contributed by atoms with Crippen LogP contribution >= 0.6 is 0 Å². The maximum atomic E-state index is 5.02. The monoisotopic (exact) mass is 486 g/mol. The van der Waals surface area contributed by atoms with Crippen LogP contribution in [0.2, 0.25) is 0 Å². The van der Waals surface area contributed by atoms with E-state index in [0.29, 0.717) is 5.82 Å². The number of rotatable bonds is 4. The highest BCUT2D eigenvalue weighted by molar-refractivity contribution is 5.86. The maximum Gasteiger partial charge on any atom is 0.160 e. The van der Waals surface area contributed by atoms with Gasteiger partial charge in [0.2, 0.25) is 0 Å². The molecule has 0 aliphatic heterocycles. The van der Waals surface area contributed by atoms with Gasteiger partial charge >= 0.3 is 0 Å². The average Bonchev–Trinajstić information content (AvgIpc) is 3.01. The van der Waals surface area contributed by atoms with E-state index in [9.17, 15) is 0 Å². The van der Waals surface area contributed by atoms with Crippen LogP contribution < -0.4 is 0 Å². The van der Waals surface area contributed by atoms with Gasteiger partial charge in [0.05, 0.1) is 22.4 Å². The lowest BCUT2D eigenvalue weighted by Crippen LogP contribution is -1.96. The normalized spacial score (nSPS) is 11.2. The molecule has 0 N–H and O–H groups in total. The van der Waals surface area contributed by atoms with Gasteiger partial charge in [-0.25, -0.2) is 9.97 Å². The molecule has 0 amide bonds. The summed E-state index contributed by atoms with van der Waals surface area (Å²) in [4.78, 5) is 19.1. The molecule has 0 saturated carbocycles. The third-order valence-electron chi connectivity index (χ3n) is 6.78. The summed E-state index contributed by atoms with van der Waals surface area (Å²) in [5.74, 6) is 0.680. The van der Waals surface area contributed by atoms with Gasteiger partial charge in [-0.15, -0.1) is 0 Å². The van der Waals surface area contributed by atoms with Gasteiger partial charge in [-0.3, -0.25) is 9.97 Å². The molecule has 0 bridgehead atoms. The number of benzene rings is 4. The topological polar surface area (TPSA) is 51.6 Å². The first kappa shape index (κ1) is 22.0. The van der Waals surface area contributed by atoms with Crippen LogP contribution in [-0.4, -0.2) is 19.9 Å². The lowest BCUT2D eigenvalue weighted by molar-refractivity contribution is 1.18. The fourth-order valence-corrected chi connectivity index (χ4v) is 4.77. The van der Waals surface area contributed by atoms with Crippen molar-refractivity contribution in [2.75, 3.05) is 0 Å².